The van der Waals surface area contributed by atoms with Crippen LogP contribution in [0.1, 0.15) is 36.2 Å². The van der Waals surface area contributed by atoms with Crippen molar-refractivity contribution in [3.63, 3.8) is 0 Å². The molecule has 3 rings (SSSR count). The van der Waals surface area contributed by atoms with Crippen molar-refractivity contribution in [3.8, 4) is 5.75 Å². The topological polar surface area (TPSA) is 75.7 Å². The number of ether oxygens (including phenoxy) is 1. The lowest BCUT2D eigenvalue weighted by molar-refractivity contribution is -0.0502. The van der Waals surface area contributed by atoms with Gasteiger partial charge in [0, 0.05) is 29.9 Å². The molecule has 2 unspecified atom stereocenters. The minimum Gasteiger partial charge on any atom is -0.434 e. The summed E-state index contributed by atoms with van der Waals surface area (Å²) in [6, 6.07) is 10.3. The van der Waals surface area contributed by atoms with Gasteiger partial charge >= 0.3 is 6.61 Å². The second-order valence-corrected chi connectivity index (χ2v) is 10.00. The summed E-state index contributed by atoms with van der Waals surface area (Å²) in [7, 11) is -3.74. The number of nitrogens with zero attached hydrogens (tertiary/aromatic N) is 1. The van der Waals surface area contributed by atoms with Crippen molar-refractivity contribution in [2.24, 2.45) is 11.8 Å². The lowest BCUT2D eigenvalue weighted by Crippen LogP contribution is -2.42. The average molecular weight is 453 g/mol. The maximum Gasteiger partial charge on any atom is 0.387 e. The van der Waals surface area contributed by atoms with Crippen molar-refractivity contribution in [1.29, 1.82) is 0 Å². The van der Waals surface area contributed by atoms with Crippen LogP contribution in [0.25, 0.3) is 0 Å². The van der Waals surface area contributed by atoms with Crippen LogP contribution >= 0.6 is 0 Å². The molecule has 1 saturated heterocycles. The van der Waals surface area contributed by atoms with E-state index in [9.17, 15) is 22.0 Å². The first-order valence-corrected chi connectivity index (χ1v) is 11.5. The van der Waals surface area contributed by atoms with E-state index in [0.29, 0.717) is 24.3 Å². The first-order valence-electron chi connectivity index (χ1n) is 10.0. The Hall–Kier alpha value is -2.52. The molecule has 0 bridgehead atoms. The highest BCUT2D eigenvalue weighted by atomic mass is 32.2. The van der Waals surface area contributed by atoms with Crippen LogP contribution in [-0.2, 0) is 10.0 Å². The SMILES string of the molecule is Cc1c(NC(=O)c2cccc(S(=O)(=O)N3CC(C)CC(C)C3)c2)cccc1OC(F)F. The Bertz CT molecular complexity index is 1050. The molecule has 0 aromatic heterocycles. The van der Waals surface area contributed by atoms with Gasteiger partial charge in [-0.3, -0.25) is 4.79 Å². The fourth-order valence-electron chi connectivity index (χ4n) is 3.92. The molecular formula is C22H26F2N2O4S. The lowest BCUT2D eigenvalue weighted by Gasteiger charge is -2.34. The molecule has 0 radical (unpaired) electrons. The summed E-state index contributed by atoms with van der Waals surface area (Å²) >= 11 is 0. The van der Waals surface area contributed by atoms with Crippen molar-refractivity contribution >= 4 is 21.6 Å². The number of piperidine rings is 1. The third kappa shape index (κ3) is 5.40. The van der Waals surface area contributed by atoms with E-state index in [1.807, 2.05) is 13.8 Å². The number of halogens is 2. The molecule has 2 aromatic rings. The molecular weight excluding hydrogens is 426 g/mol. The zero-order valence-corrected chi connectivity index (χ0v) is 18.5. The van der Waals surface area contributed by atoms with E-state index in [1.165, 1.54) is 40.7 Å². The Balaban J connectivity index is 1.83. The molecule has 1 amide bonds. The first-order chi connectivity index (χ1) is 14.6. The maximum absolute atomic E-state index is 13.1. The van der Waals surface area contributed by atoms with Gasteiger partial charge in [-0.05, 0) is 55.5 Å². The maximum atomic E-state index is 13.1. The van der Waals surface area contributed by atoms with Crippen LogP contribution in [0, 0.1) is 18.8 Å². The van der Waals surface area contributed by atoms with Crippen LogP contribution in [0.15, 0.2) is 47.4 Å². The largest absolute Gasteiger partial charge is 0.434 e. The molecule has 6 nitrogen and oxygen atoms in total. The predicted molar refractivity (Wildman–Crippen MR) is 114 cm³/mol. The van der Waals surface area contributed by atoms with Gasteiger partial charge < -0.3 is 10.1 Å². The number of anilines is 1. The Morgan fingerprint density at radius 1 is 1.13 bits per heavy atom. The summed E-state index contributed by atoms with van der Waals surface area (Å²) < 4.78 is 57.3. The van der Waals surface area contributed by atoms with Crippen molar-refractivity contribution < 1.29 is 26.7 Å². The average Bonchev–Trinajstić information content (AvgIpc) is 2.70. The van der Waals surface area contributed by atoms with Gasteiger partial charge in [-0.1, -0.05) is 26.0 Å². The molecule has 1 fully saturated rings. The van der Waals surface area contributed by atoms with Crippen molar-refractivity contribution in [3.05, 3.63) is 53.6 Å². The Morgan fingerprint density at radius 2 is 1.77 bits per heavy atom. The van der Waals surface area contributed by atoms with Gasteiger partial charge in [-0.15, -0.1) is 0 Å². The van der Waals surface area contributed by atoms with Crippen LogP contribution in [0.5, 0.6) is 5.75 Å². The lowest BCUT2D eigenvalue weighted by atomic mass is 9.94. The molecule has 1 heterocycles. The zero-order chi connectivity index (χ0) is 22.8. The van der Waals surface area contributed by atoms with Gasteiger partial charge in [0.1, 0.15) is 5.75 Å². The molecule has 168 valence electrons. The standard InChI is InChI=1S/C22H26F2N2O4S/c1-14-10-15(2)13-26(12-14)31(28,29)18-7-4-6-17(11-18)21(27)25-19-8-5-9-20(16(19)3)30-22(23)24/h4-9,11,14-15,22H,10,12-13H2,1-3H3,(H,25,27). The normalized spacial score (nSPS) is 19.9. The van der Waals surface area contributed by atoms with Crippen LogP contribution in [0.4, 0.5) is 14.5 Å². The number of sulfonamides is 1. The molecule has 0 aliphatic carbocycles. The molecule has 1 N–H and O–H groups in total. The van der Waals surface area contributed by atoms with Crippen molar-refractivity contribution in [1.82, 2.24) is 4.31 Å². The second kappa shape index (κ2) is 9.32. The number of hydrogen-bond donors (Lipinski definition) is 1. The zero-order valence-electron chi connectivity index (χ0n) is 17.6. The van der Waals surface area contributed by atoms with Crippen molar-refractivity contribution in [2.45, 2.75) is 38.7 Å². The molecule has 1 aliphatic heterocycles. The Labute approximate surface area is 181 Å². The van der Waals surface area contributed by atoms with Gasteiger partial charge in [-0.2, -0.15) is 13.1 Å². The third-order valence-corrected chi connectivity index (χ3v) is 7.15. The molecule has 31 heavy (non-hydrogen) atoms. The quantitative estimate of drug-likeness (QED) is 0.700. The number of hydrogen-bond acceptors (Lipinski definition) is 4. The molecule has 0 saturated carbocycles. The van der Waals surface area contributed by atoms with Crippen molar-refractivity contribution in [2.75, 3.05) is 18.4 Å². The highest BCUT2D eigenvalue weighted by molar-refractivity contribution is 7.89. The Kier molecular flexibility index (Phi) is 6.96. The van der Waals surface area contributed by atoms with Crippen LogP contribution in [0.3, 0.4) is 0 Å². The van der Waals surface area contributed by atoms with E-state index >= 15 is 0 Å². The van der Waals surface area contributed by atoms with Gasteiger partial charge in [0.2, 0.25) is 10.0 Å². The molecule has 0 spiro atoms. The fourth-order valence-corrected chi connectivity index (χ4v) is 5.64. The minimum atomic E-state index is -3.74. The van der Waals surface area contributed by atoms with E-state index in [0.717, 1.165) is 6.42 Å². The summed E-state index contributed by atoms with van der Waals surface area (Å²) in [6.07, 6.45) is 0.974. The van der Waals surface area contributed by atoms with Gasteiger partial charge in [0.25, 0.3) is 5.91 Å². The van der Waals surface area contributed by atoms with Gasteiger partial charge in [0.15, 0.2) is 0 Å². The Morgan fingerprint density at radius 3 is 2.42 bits per heavy atom. The summed E-state index contributed by atoms with van der Waals surface area (Å²) in [4.78, 5) is 12.8. The second-order valence-electron chi connectivity index (χ2n) is 8.06. The molecule has 9 heteroatoms. The smallest absolute Gasteiger partial charge is 0.387 e. The molecule has 2 atom stereocenters. The van der Waals surface area contributed by atoms with E-state index < -0.39 is 22.5 Å². The van der Waals surface area contributed by atoms with Crippen LogP contribution in [-0.4, -0.2) is 38.3 Å². The fraction of sp³-hybridized carbons (Fsp3) is 0.409. The number of carbonyl (C=O) groups excluding carboxylic acids is 1. The van der Waals surface area contributed by atoms with E-state index in [4.69, 9.17) is 0 Å². The number of carbonyl (C=O) groups is 1. The summed E-state index contributed by atoms with van der Waals surface area (Å²) in [5.74, 6) is -0.0707. The summed E-state index contributed by atoms with van der Waals surface area (Å²) in [5.41, 5.74) is 0.796. The summed E-state index contributed by atoms with van der Waals surface area (Å²) in [5, 5.41) is 2.64. The minimum absolute atomic E-state index is 0.0440. The third-order valence-electron chi connectivity index (χ3n) is 5.32. The van der Waals surface area contributed by atoms with Gasteiger partial charge in [0.05, 0.1) is 4.90 Å². The van der Waals surface area contributed by atoms with E-state index in [-0.39, 0.29) is 28.0 Å². The number of amides is 1. The van der Waals surface area contributed by atoms with Crippen LogP contribution < -0.4 is 10.1 Å². The number of rotatable bonds is 6. The number of benzene rings is 2. The van der Waals surface area contributed by atoms with E-state index in [2.05, 4.69) is 10.1 Å². The number of alkyl halides is 2. The highest BCUT2D eigenvalue weighted by Crippen LogP contribution is 2.29. The molecule has 1 aliphatic rings. The monoisotopic (exact) mass is 452 g/mol. The predicted octanol–water partition coefficient (Wildman–Crippen LogP) is 4.52. The highest BCUT2D eigenvalue weighted by Gasteiger charge is 2.32. The van der Waals surface area contributed by atoms with Gasteiger partial charge in [-0.25, -0.2) is 8.42 Å². The van der Waals surface area contributed by atoms with E-state index in [1.54, 1.807) is 13.0 Å². The first kappa shape index (κ1) is 23.1. The molecule has 2 aromatic carbocycles. The summed E-state index contributed by atoms with van der Waals surface area (Å²) in [6.45, 7) is 3.50. The number of nitrogens with one attached hydrogen (secondary N) is 1. The van der Waals surface area contributed by atoms with Crippen LogP contribution in [0.2, 0.25) is 0 Å².